The summed E-state index contributed by atoms with van der Waals surface area (Å²) in [6, 6.07) is 1.27. The number of fused-ring (bicyclic) bond motifs is 14. The normalized spacial score (nSPS) is 29.2. The van der Waals surface area contributed by atoms with Crippen LogP contribution in [0.1, 0.15) is 78.2 Å². The molecule has 9 atom stereocenters. The van der Waals surface area contributed by atoms with E-state index in [2.05, 4.69) is 5.32 Å². The lowest BCUT2D eigenvalue weighted by molar-refractivity contribution is -0.160. The van der Waals surface area contributed by atoms with Crippen LogP contribution in [0.5, 0.6) is 23.0 Å². The van der Waals surface area contributed by atoms with Crippen LogP contribution in [0.25, 0.3) is 10.8 Å². The molecule has 0 fully saturated rings. The first-order chi connectivity index (χ1) is 27.2. The molecule has 3 aliphatic rings. The van der Waals surface area contributed by atoms with Gasteiger partial charge in [-0.2, -0.15) is 0 Å². The van der Waals surface area contributed by atoms with Gasteiger partial charge in [-0.05, 0) is 33.8 Å². The number of Topliss-reactive ketones (excluding diaryl/α,β-unsaturated/α-hetero) is 1. The number of phenols is 2. The van der Waals surface area contributed by atoms with E-state index in [1.54, 1.807) is 44.7 Å². The fourth-order valence-electron chi connectivity index (χ4n) is 7.56. The second-order valence-electron chi connectivity index (χ2n) is 15.3. The van der Waals surface area contributed by atoms with Gasteiger partial charge in [0, 0.05) is 80.3 Å². The summed E-state index contributed by atoms with van der Waals surface area (Å²) in [6.45, 7) is 16.5. The number of rotatable bonds is 7. The number of hydrogen-bond acceptors (Lipinski definition) is 13. The van der Waals surface area contributed by atoms with Crippen LogP contribution in [0.2, 0.25) is 0 Å². The highest BCUT2D eigenvalue weighted by Gasteiger charge is 2.49. The van der Waals surface area contributed by atoms with Crippen molar-refractivity contribution in [2.24, 2.45) is 23.7 Å². The molecule has 15 nitrogen and oxygen atoms in total. The van der Waals surface area contributed by atoms with Gasteiger partial charge in [-0.15, -0.1) is 0 Å². The number of methoxy groups -OCH3 is 1. The zero-order valence-corrected chi connectivity index (χ0v) is 35.1. The quantitative estimate of drug-likeness (QED) is 0.178. The van der Waals surface area contributed by atoms with Gasteiger partial charge in [0.25, 0.3) is 17.6 Å². The molecule has 0 saturated heterocycles. The smallest absolute Gasteiger partial charge is 0.312 e. The van der Waals surface area contributed by atoms with Crippen molar-refractivity contribution in [1.82, 2.24) is 4.90 Å². The van der Waals surface area contributed by atoms with Gasteiger partial charge in [0.15, 0.2) is 12.4 Å². The molecule has 3 heterocycles. The molecule has 2 amide bonds. The molecule has 9 unspecified atom stereocenters. The molecule has 0 radical (unpaired) electrons. The van der Waals surface area contributed by atoms with Crippen LogP contribution in [0.4, 0.5) is 5.69 Å². The maximum atomic E-state index is 14.4. The van der Waals surface area contributed by atoms with E-state index in [1.165, 1.54) is 59.3 Å². The number of nitrogens with one attached hydrogen (secondary N) is 1. The molecule has 318 valence electrons. The average molecular weight is 811 g/mol. The van der Waals surface area contributed by atoms with E-state index in [0.29, 0.717) is 13.1 Å². The van der Waals surface area contributed by atoms with Crippen LogP contribution in [0.15, 0.2) is 42.2 Å². The van der Waals surface area contributed by atoms with E-state index in [-0.39, 0.29) is 50.6 Å². The molecule has 15 heteroatoms. The molecule has 0 saturated carbocycles. The van der Waals surface area contributed by atoms with Crippen LogP contribution in [-0.2, 0) is 28.6 Å². The molecule has 0 aliphatic carbocycles. The Hall–Kier alpha value is -5.12. The molecule has 58 heavy (non-hydrogen) atoms. The number of likely N-dealkylation sites (N-methyl/N-ethyl adjacent to an activating group) is 1. The number of aliphatic hydroxyl groups excluding tert-OH is 2. The van der Waals surface area contributed by atoms with Crippen LogP contribution < -0.4 is 14.8 Å². The highest BCUT2D eigenvalue weighted by atomic mass is 16.7. The third-order valence-corrected chi connectivity index (χ3v) is 11.3. The van der Waals surface area contributed by atoms with Crippen LogP contribution >= 0.6 is 0 Å². The van der Waals surface area contributed by atoms with E-state index in [9.17, 15) is 39.6 Å². The number of phenolic OH excluding ortho intramolecular Hbond substituents is 2. The summed E-state index contributed by atoms with van der Waals surface area (Å²) in [4.78, 5) is 54.9. The fraction of sp³-hybridized carbons (Fsp3) is 0.535. The molecule has 3 aliphatic heterocycles. The molecule has 2 aromatic rings. The minimum absolute atomic E-state index is 0.0574. The summed E-state index contributed by atoms with van der Waals surface area (Å²) in [5, 5.41) is 48.4. The Labute approximate surface area is 339 Å². The molecular weight excluding hydrogens is 752 g/mol. The van der Waals surface area contributed by atoms with Gasteiger partial charge in [-0.25, -0.2) is 0 Å². The second-order valence-corrected chi connectivity index (χ2v) is 15.3. The lowest BCUT2D eigenvalue weighted by atomic mass is 9.78. The monoisotopic (exact) mass is 810 g/mol. The van der Waals surface area contributed by atoms with E-state index < -0.39 is 89.6 Å². The first-order valence-electron chi connectivity index (χ1n) is 19.5. The van der Waals surface area contributed by atoms with Gasteiger partial charge >= 0.3 is 11.8 Å². The Morgan fingerprint density at radius 3 is 2.21 bits per heavy atom. The number of allylic oxidation sites excluding steroid dienone is 2. The third kappa shape index (κ3) is 9.11. The number of aliphatic hydroxyl groups is 2. The van der Waals surface area contributed by atoms with Crippen LogP contribution in [0.3, 0.4) is 0 Å². The fourth-order valence-corrected chi connectivity index (χ4v) is 7.56. The highest BCUT2D eigenvalue weighted by Crippen LogP contribution is 2.54. The zero-order valence-electron chi connectivity index (χ0n) is 35.1. The van der Waals surface area contributed by atoms with Crippen LogP contribution in [-0.4, -0.2) is 106 Å². The Balaban J connectivity index is 1.94. The van der Waals surface area contributed by atoms with Gasteiger partial charge in [0.1, 0.15) is 23.4 Å². The summed E-state index contributed by atoms with van der Waals surface area (Å²) in [7, 11) is 1.44. The highest BCUT2D eigenvalue weighted by molar-refractivity contribution is 6.21. The number of carbonyl (C=O) groups excluding carboxylic acids is 4. The molecular formula is C43H58N2O13. The lowest BCUT2D eigenvalue weighted by Crippen LogP contribution is -2.46. The van der Waals surface area contributed by atoms with Gasteiger partial charge < -0.3 is 54.3 Å². The van der Waals surface area contributed by atoms with Gasteiger partial charge in [-0.1, -0.05) is 45.9 Å². The third-order valence-electron chi connectivity index (χ3n) is 11.3. The minimum atomic E-state index is -2.02. The maximum absolute atomic E-state index is 14.4. The number of esters is 1. The SMILES string of the molecule is CCN(CC)C(=O)COc1cc2c(O)c3c(O)c(C)c4c(c13)C(=O)C(C)(O/C=C\C(OC)C(C)C(OC(C)=O)C(C)C(O)C(C)C(O)C(C)/C=C\C=C(C)C(=O)N2)O4. The number of ketones is 1. The standard InChI is InChI=1S/C43H58N2O13/c1-12-45(13-2)31(47)20-55-30-19-28-38(51)33-32(30)34-40(26(8)37(33)50)58-43(10,41(34)52)56-18-17-29(54-11)23(5)39(57-27(9)46)25(7)36(49)24(6)35(48)21(3)15-14-16-22(4)42(53)44-28/h14-19,21,23-25,29,35-36,39,48-51H,12-13,20H2,1-11H3,(H,44,53)/b15-14-,18-17-,22-16?. The predicted molar refractivity (Wildman–Crippen MR) is 216 cm³/mol. The Bertz CT molecular complexity index is 1990. The van der Waals surface area contributed by atoms with E-state index in [1.807, 2.05) is 13.8 Å². The second kappa shape index (κ2) is 18.6. The lowest BCUT2D eigenvalue weighted by Gasteiger charge is -2.38. The maximum Gasteiger partial charge on any atom is 0.312 e. The number of nitrogens with zero attached hydrogens (tertiary/aromatic N) is 1. The van der Waals surface area contributed by atoms with Crippen molar-refractivity contribution in [2.45, 2.75) is 99.4 Å². The molecule has 5 N–H and O–H groups in total. The van der Waals surface area contributed by atoms with Crippen molar-refractivity contribution in [1.29, 1.82) is 0 Å². The topological polar surface area (TPSA) is 211 Å². The number of benzene rings is 2. The van der Waals surface area contributed by atoms with Crippen LogP contribution in [0, 0.1) is 30.6 Å². The van der Waals surface area contributed by atoms with E-state index in [4.69, 9.17) is 23.7 Å². The summed E-state index contributed by atoms with van der Waals surface area (Å²) >= 11 is 0. The Morgan fingerprint density at radius 2 is 1.60 bits per heavy atom. The van der Waals surface area contributed by atoms with Crippen molar-refractivity contribution >= 4 is 40.0 Å². The summed E-state index contributed by atoms with van der Waals surface area (Å²) in [6.07, 6.45) is 3.60. The number of hydrogen-bond donors (Lipinski definition) is 5. The van der Waals surface area contributed by atoms with Gasteiger partial charge in [0.2, 0.25) is 0 Å². The summed E-state index contributed by atoms with van der Waals surface area (Å²) in [5.41, 5.74) is -0.00860. The molecule has 0 spiro atoms. The van der Waals surface area contributed by atoms with Crippen molar-refractivity contribution in [3.8, 4) is 23.0 Å². The summed E-state index contributed by atoms with van der Waals surface area (Å²) < 4.78 is 29.7. The largest absolute Gasteiger partial charge is 0.507 e. The minimum Gasteiger partial charge on any atom is -0.507 e. The Morgan fingerprint density at radius 1 is 0.948 bits per heavy atom. The van der Waals surface area contributed by atoms with Gasteiger partial charge in [-0.3, -0.25) is 19.2 Å². The molecule has 5 rings (SSSR count). The van der Waals surface area contributed by atoms with Crippen molar-refractivity contribution < 1.29 is 63.3 Å². The van der Waals surface area contributed by atoms with Gasteiger partial charge in [0.05, 0.1) is 41.2 Å². The molecule has 2 aromatic carbocycles. The predicted octanol–water partition coefficient (Wildman–Crippen LogP) is 5.30. The first-order valence-corrected chi connectivity index (χ1v) is 19.5. The number of anilines is 1. The van der Waals surface area contributed by atoms with E-state index >= 15 is 0 Å². The number of ether oxygens (including phenoxy) is 5. The number of aromatic hydroxyl groups is 2. The van der Waals surface area contributed by atoms with E-state index in [0.717, 1.165) is 0 Å². The summed E-state index contributed by atoms with van der Waals surface area (Å²) in [5.74, 6) is -8.01. The number of carbonyl (C=O) groups is 4. The first kappa shape index (κ1) is 45.6. The molecule has 0 aromatic heterocycles. The number of amides is 2. The average Bonchev–Trinajstić information content (AvgIpc) is 3.45. The molecule has 5 bridgehead atoms. The van der Waals surface area contributed by atoms with Crippen molar-refractivity contribution in [2.75, 3.05) is 32.1 Å². The van der Waals surface area contributed by atoms with Crippen molar-refractivity contribution in [3.63, 3.8) is 0 Å². The zero-order chi connectivity index (χ0) is 43.4. The van der Waals surface area contributed by atoms with Crippen molar-refractivity contribution in [3.05, 3.63) is 53.3 Å². The Kier molecular flexibility index (Phi) is 14.6.